The second kappa shape index (κ2) is 7.25. The maximum Gasteiger partial charge on any atom is 0.265 e. The summed E-state index contributed by atoms with van der Waals surface area (Å²) in [5.41, 5.74) is 8.33. The van der Waals surface area contributed by atoms with Gasteiger partial charge in [0, 0.05) is 18.3 Å². The molecule has 2 aromatic carbocycles. The zero-order valence-electron chi connectivity index (χ0n) is 13.8. The summed E-state index contributed by atoms with van der Waals surface area (Å²) >= 11 is 0. The first-order chi connectivity index (χ1) is 11.6. The van der Waals surface area contributed by atoms with Crippen molar-refractivity contribution in [1.82, 2.24) is 0 Å². The van der Waals surface area contributed by atoms with Crippen LogP contribution in [0.1, 0.15) is 18.4 Å². The van der Waals surface area contributed by atoms with Gasteiger partial charge in [0.1, 0.15) is 11.5 Å². The number of hydrogen-bond acceptors (Lipinski definition) is 4. The van der Waals surface area contributed by atoms with Crippen LogP contribution in [-0.2, 0) is 4.79 Å². The van der Waals surface area contributed by atoms with Gasteiger partial charge in [0.15, 0.2) is 6.61 Å². The summed E-state index contributed by atoms with van der Waals surface area (Å²) in [5, 5.41) is 0. The van der Waals surface area contributed by atoms with Crippen molar-refractivity contribution in [3.05, 3.63) is 48.0 Å². The highest BCUT2D eigenvalue weighted by molar-refractivity contribution is 5.98. The summed E-state index contributed by atoms with van der Waals surface area (Å²) in [4.78, 5) is 13.9. The molecule has 0 radical (unpaired) electrons. The number of para-hydroxylation sites is 1. The number of nitrogens with two attached hydrogens (primary N) is 1. The van der Waals surface area contributed by atoms with Crippen molar-refractivity contribution in [3.8, 4) is 11.5 Å². The molecule has 0 saturated carbocycles. The molecule has 0 saturated heterocycles. The Morgan fingerprint density at radius 3 is 2.88 bits per heavy atom. The molecule has 1 amide bonds. The SMILES string of the molecule is Cc1ccccc1OCCCCN1C(=O)COc2cc(N)ccc21. The van der Waals surface area contributed by atoms with Gasteiger partial charge in [-0.15, -0.1) is 0 Å². The van der Waals surface area contributed by atoms with Crippen LogP contribution in [0.5, 0.6) is 11.5 Å². The molecule has 24 heavy (non-hydrogen) atoms. The van der Waals surface area contributed by atoms with Crippen LogP contribution >= 0.6 is 0 Å². The summed E-state index contributed by atoms with van der Waals surface area (Å²) in [5.74, 6) is 1.57. The van der Waals surface area contributed by atoms with E-state index in [1.165, 1.54) is 0 Å². The quantitative estimate of drug-likeness (QED) is 0.654. The maximum absolute atomic E-state index is 12.1. The number of benzene rings is 2. The van der Waals surface area contributed by atoms with E-state index in [1.807, 2.05) is 37.3 Å². The first kappa shape index (κ1) is 16.2. The summed E-state index contributed by atoms with van der Waals surface area (Å²) < 4.78 is 11.2. The van der Waals surface area contributed by atoms with Gasteiger partial charge < -0.3 is 20.1 Å². The molecule has 1 aliphatic rings. The molecule has 5 heteroatoms. The number of hydrogen-bond donors (Lipinski definition) is 1. The Balaban J connectivity index is 1.52. The van der Waals surface area contributed by atoms with E-state index in [1.54, 1.807) is 17.0 Å². The van der Waals surface area contributed by atoms with Crippen LogP contribution in [-0.4, -0.2) is 25.7 Å². The number of nitrogens with zero attached hydrogens (tertiary/aromatic N) is 1. The van der Waals surface area contributed by atoms with E-state index in [0.29, 0.717) is 24.6 Å². The molecule has 2 aromatic rings. The Kier molecular flexibility index (Phi) is 4.89. The Labute approximate surface area is 142 Å². The minimum Gasteiger partial charge on any atom is -0.493 e. The predicted octanol–water partition coefficient (Wildman–Crippen LogP) is 3.16. The zero-order valence-corrected chi connectivity index (χ0v) is 13.8. The fraction of sp³-hybridized carbons (Fsp3) is 0.316. The number of nitrogen functional groups attached to an aromatic ring is 1. The molecular weight excluding hydrogens is 304 g/mol. The van der Waals surface area contributed by atoms with Crippen molar-refractivity contribution in [1.29, 1.82) is 0 Å². The number of fused-ring (bicyclic) bond motifs is 1. The highest BCUT2D eigenvalue weighted by atomic mass is 16.5. The number of carbonyl (C=O) groups excluding carboxylic acids is 1. The van der Waals surface area contributed by atoms with Crippen LogP contribution in [0.3, 0.4) is 0 Å². The number of amides is 1. The smallest absolute Gasteiger partial charge is 0.265 e. The highest BCUT2D eigenvalue weighted by Gasteiger charge is 2.24. The summed E-state index contributed by atoms with van der Waals surface area (Å²) in [6.45, 7) is 3.38. The van der Waals surface area contributed by atoms with Gasteiger partial charge >= 0.3 is 0 Å². The van der Waals surface area contributed by atoms with Crippen molar-refractivity contribution in [2.45, 2.75) is 19.8 Å². The first-order valence-corrected chi connectivity index (χ1v) is 8.16. The van der Waals surface area contributed by atoms with Gasteiger partial charge in [-0.2, -0.15) is 0 Å². The molecule has 3 rings (SSSR count). The van der Waals surface area contributed by atoms with Gasteiger partial charge in [-0.25, -0.2) is 0 Å². The van der Waals surface area contributed by atoms with Gasteiger partial charge in [-0.1, -0.05) is 18.2 Å². The lowest BCUT2D eigenvalue weighted by Gasteiger charge is -2.29. The van der Waals surface area contributed by atoms with E-state index in [0.717, 1.165) is 29.8 Å². The van der Waals surface area contributed by atoms with E-state index in [2.05, 4.69) is 0 Å². The van der Waals surface area contributed by atoms with Crippen LogP contribution in [0.2, 0.25) is 0 Å². The molecule has 1 heterocycles. The zero-order chi connectivity index (χ0) is 16.9. The Hall–Kier alpha value is -2.69. The first-order valence-electron chi connectivity index (χ1n) is 8.16. The minimum atomic E-state index is -0.0212. The van der Waals surface area contributed by atoms with Crippen LogP contribution in [0.4, 0.5) is 11.4 Å². The number of unbranched alkanes of at least 4 members (excludes halogenated alkanes) is 1. The third-order valence-corrected chi connectivity index (χ3v) is 4.05. The molecular formula is C19H22N2O3. The Bertz CT molecular complexity index is 730. The number of carbonyl (C=O) groups is 1. The topological polar surface area (TPSA) is 64.8 Å². The molecule has 0 bridgehead atoms. The van der Waals surface area contributed by atoms with Crippen LogP contribution in [0, 0.1) is 6.92 Å². The van der Waals surface area contributed by atoms with Crippen LogP contribution < -0.4 is 20.1 Å². The lowest BCUT2D eigenvalue weighted by Crippen LogP contribution is -2.39. The second-order valence-electron chi connectivity index (χ2n) is 5.88. The highest BCUT2D eigenvalue weighted by Crippen LogP contribution is 2.33. The molecule has 0 aliphatic carbocycles. The fourth-order valence-corrected chi connectivity index (χ4v) is 2.74. The molecule has 0 spiro atoms. The predicted molar refractivity (Wildman–Crippen MR) is 94.6 cm³/mol. The Morgan fingerprint density at radius 1 is 1.21 bits per heavy atom. The summed E-state index contributed by atoms with van der Waals surface area (Å²) in [6.07, 6.45) is 1.74. The van der Waals surface area contributed by atoms with Gasteiger partial charge in [0.25, 0.3) is 5.91 Å². The molecule has 2 N–H and O–H groups in total. The molecule has 0 atom stereocenters. The van der Waals surface area contributed by atoms with Crippen molar-refractivity contribution in [2.75, 3.05) is 30.4 Å². The standard InChI is InChI=1S/C19H22N2O3/c1-14-6-2-3-7-17(14)23-11-5-4-10-21-16-9-8-15(20)12-18(16)24-13-19(21)22/h2-3,6-9,12H,4-5,10-11,13,20H2,1H3. The number of ether oxygens (including phenoxy) is 2. The molecule has 0 unspecified atom stereocenters. The van der Waals surface area contributed by atoms with Crippen LogP contribution in [0.15, 0.2) is 42.5 Å². The van der Waals surface area contributed by atoms with E-state index >= 15 is 0 Å². The normalized spacial score (nSPS) is 13.4. The maximum atomic E-state index is 12.1. The van der Waals surface area contributed by atoms with Gasteiger partial charge in [0.05, 0.1) is 12.3 Å². The lowest BCUT2D eigenvalue weighted by molar-refractivity contribution is -0.121. The lowest BCUT2D eigenvalue weighted by atomic mass is 10.2. The number of rotatable bonds is 6. The summed E-state index contributed by atoms with van der Waals surface area (Å²) in [6, 6.07) is 13.4. The van der Waals surface area contributed by atoms with Crippen molar-refractivity contribution < 1.29 is 14.3 Å². The minimum absolute atomic E-state index is 0.0212. The van der Waals surface area contributed by atoms with E-state index in [-0.39, 0.29) is 12.5 Å². The largest absolute Gasteiger partial charge is 0.493 e. The second-order valence-corrected chi connectivity index (χ2v) is 5.88. The molecule has 5 nitrogen and oxygen atoms in total. The van der Waals surface area contributed by atoms with E-state index in [9.17, 15) is 4.79 Å². The van der Waals surface area contributed by atoms with Crippen LogP contribution in [0.25, 0.3) is 0 Å². The van der Waals surface area contributed by atoms with Crippen molar-refractivity contribution >= 4 is 17.3 Å². The van der Waals surface area contributed by atoms with E-state index in [4.69, 9.17) is 15.2 Å². The Morgan fingerprint density at radius 2 is 2.04 bits per heavy atom. The summed E-state index contributed by atoms with van der Waals surface area (Å²) in [7, 11) is 0. The fourth-order valence-electron chi connectivity index (χ4n) is 2.74. The van der Waals surface area contributed by atoms with Gasteiger partial charge in [0.2, 0.25) is 0 Å². The molecule has 126 valence electrons. The third-order valence-electron chi connectivity index (χ3n) is 4.05. The van der Waals surface area contributed by atoms with E-state index < -0.39 is 0 Å². The molecule has 1 aliphatic heterocycles. The van der Waals surface area contributed by atoms with Crippen molar-refractivity contribution in [2.24, 2.45) is 0 Å². The molecule has 0 fully saturated rings. The average molecular weight is 326 g/mol. The third kappa shape index (κ3) is 3.62. The van der Waals surface area contributed by atoms with Gasteiger partial charge in [-0.3, -0.25) is 4.79 Å². The molecule has 0 aromatic heterocycles. The van der Waals surface area contributed by atoms with Gasteiger partial charge in [-0.05, 0) is 43.5 Å². The van der Waals surface area contributed by atoms with Crippen molar-refractivity contribution in [3.63, 3.8) is 0 Å². The number of anilines is 2. The monoisotopic (exact) mass is 326 g/mol. The average Bonchev–Trinajstić information content (AvgIpc) is 2.58. The number of aryl methyl sites for hydroxylation is 1.